The summed E-state index contributed by atoms with van der Waals surface area (Å²) in [7, 11) is 0. The van der Waals surface area contributed by atoms with Crippen molar-refractivity contribution < 1.29 is 4.39 Å². The van der Waals surface area contributed by atoms with Crippen LogP contribution in [0.5, 0.6) is 0 Å². The van der Waals surface area contributed by atoms with Crippen molar-refractivity contribution in [3.05, 3.63) is 53.0 Å². The molecule has 0 spiro atoms. The number of fused-ring (bicyclic) bond motifs is 1. The molecule has 2 aromatic heterocycles. The van der Waals surface area contributed by atoms with Crippen LogP contribution in [0.3, 0.4) is 0 Å². The summed E-state index contributed by atoms with van der Waals surface area (Å²) in [5.74, 6) is -0.259. The van der Waals surface area contributed by atoms with Crippen LogP contribution in [-0.2, 0) is 0 Å². The minimum atomic E-state index is -0.259. The van der Waals surface area contributed by atoms with Gasteiger partial charge in [0.25, 0.3) is 0 Å². The third kappa shape index (κ3) is 1.86. The smallest absolute Gasteiger partial charge is 0.160 e. The van der Waals surface area contributed by atoms with E-state index in [-0.39, 0.29) is 5.82 Å². The number of nitrogens with zero attached hydrogens (tertiary/aromatic N) is 2. The number of pyridine rings is 1. The van der Waals surface area contributed by atoms with Crippen LogP contribution in [0.2, 0.25) is 0 Å². The summed E-state index contributed by atoms with van der Waals surface area (Å²) in [5, 5.41) is 0. The number of hydrogen-bond acceptors (Lipinski definition) is 2. The van der Waals surface area contributed by atoms with Gasteiger partial charge in [-0.25, -0.2) is 9.37 Å². The zero-order valence-corrected chi connectivity index (χ0v) is 10.9. The van der Waals surface area contributed by atoms with Gasteiger partial charge in [-0.3, -0.25) is 0 Å². The van der Waals surface area contributed by atoms with Crippen LogP contribution in [-0.4, -0.2) is 9.38 Å². The molecule has 0 amide bonds. The molecule has 0 bridgehead atoms. The third-order valence-electron chi connectivity index (χ3n) is 2.69. The van der Waals surface area contributed by atoms with Gasteiger partial charge in [0.1, 0.15) is 5.82 Å². The fraction of sp³-hybridized carbons (Fsp3) is 0. The van der Waals surface area contributed by atoms with Crippen LogP contribution in [0.1, 0.15) is 0 Å². The second-order valence-electron chi connectivity index (χ2n) is 3.98. The van der Waals surface area contributed by atoms with E-state index in [1.54, 1.807) is 18.2 Å². The molecule has 0 saturated carbocycles. The number of benzene rings is 1. The summed E-state index contributed by atoms with van der Waals surface area (Å²) in [6, 6.07) is 8.03. The minimum Gasteiger partial charge on any atom is -0.396 e. The average molecular weight is 306 g/mol. The lowest BCUT2D eigenvalue weighted by molar-refractivity contribution is 0.628. The second-order valence-corrected chi connectivity index (χ2v) is 4.89. The van der Waals surface area contributed by atoms with E-state index < -0.39 is 0 Å². The fourth-order valence-corrected chi connectivity index (χ4v) is 2.32. The maximum Gasteiger partial charge on any atom is 0.160 e. The number of nitrogens with two attached hydrogens (primary N) is 1. The molecule has 3 nitrogen and oxygen atoms in total. The highest BCUT2D eigenvalue weighted by atomic mass is 79.9. The Labute approximate surface area is 111 Å². The van der Waals surface area contributed by atoms with Crippen molar-refractivity contribution in [2.24, 2.45) is 0 Å². The molecule has 3 aromatic rings. The van der Waals surface area contributed by atoms with E-state index in [0.717, 1.165) is 15.7 Å². The van der Waals surface area contributed by atoms with Gasteiger partial charge in [0, 0.05) is 22.4 Å². The molecule has 0 aliphatic rings. The van der Waals surface area contributed by atoms with Crippen LogP contribution in [0.25, 0.3) is 16.9 Å². The quantitative estimate of drug-likeness (QED) is 0.748. The van der Waals surface area contributed by atoms with Gasteiger partial charge >= 0.3 is 0 Å². The average Bonchev–Trinajstić information content (AvgIpc) is 2.74. The highest BCUT2D eigenvalue weighted by Gasteiger charge is 2.07. The van der Waals surface area contributed by atoms with E-state index in [2.05, 4.69) is 20.9 Å². The molecular formula is C13H9BrFN3. The number of nitrogen functional groups attached to an aromatic ring is 1. The summed E-state index contributed by atoms with van der Waals surface area (Å²) < 4.78 is 15.6. The van der Waals surface area contributed by atoms with E-state index in [1.807, 2.05) is 16.8 Å². The lowest BCUT2D eigenvalue weighted by Crippen LogP contribution is -1.91. The van der Waals surface area contributed by atoms with Crippen molar-refractivity contribution in [1.29, 1.82) is 0 Å². The summed E-state index contributed by atoms with van der Waals surface area (Å²) in [6.07, 6.45) is 3.75. The second kappa shape index (κ2) is 4.10. The molecule has 0 radical (unpaired) electrons. The van der Waals surface area contributed by atoms with E-state index in [1.165, 1.54) is 12.1 Å². The lowest BCUT2D eigenvalue weighted by atomic mass is 10.2. The molecule has 0 saturated heterocycles. The molecule has 1 aromatic carbocycles. The zero-order chi connectivity index (χ0) is 12.7. The number of halogens is 2. The zero-order valence-electron chi connectivity index (χ0n) is 9.27. The van der Waals surface area contributed by atoms with Gasteiger partial charge < -0.3 is 10.1 Å². The van der Waals surface area contributed by atoms with Gasteiger partial charge in [0.15, 0.2) is 5.65 Å². The lowest BCUT2D eigenvalue weighted by Gasteiger charge is -1.97. The van der Waals surface area contributed by atoms with Crippen molar-refractivity contribution in [3.8, 4) is 11.3 Å². The SMILES string of the molecule is Nc1cc(Br)cn2cc(-c3ccc(F)cc3)nc12. The molecule has 0 aliphatic heterocycles. The molecule has 0 fully saturated rings. The van der Waals surface area contributed by atoms with Crippen molar-refractivity contribution in [2.45, 2.75) is 0 Å². The first kappa shape index (κ1) is 11.2. The highest BCUT2D eigenvalue weighted by molar-refractivity contribution is 9.10. The maximum atomic E-state index is 12.9. The van der Waals surface area contributed by atoms with Gasteiger partial charge in [-0.05, 0) is 46.3 Å². The van der Waals surface area contributed by atoms with Gasteiger partial charge in [-0.15, -0.1) is 0 Å². The largest absolute Gasteiger partial charge is 0.396 e. The monoisotopic (exact) mass is 305 g/mol. The number of imidazole rings is 1. The van der Waals surface area contributed by atoms with Crippen LogP contribution < -0.4 is 5.73 Å². The van der Waals surface area contributed by atoms with Gasteiger partial charge in [0.05, 0.1) is 11.4 Å². The Hall–Kier alpha value is -1.88. The molecule has 90 valence electrons. The molecule has 0 unspecified atom stereocenters. The summed E-state index contributed by atoms with van der Waals surface area (Å²) in [4.78, 5) is 4.45. The Kier molecular flexibility index (Phi) is 2.56. The first-order valence-corrected chi connectivity index (χ1v) is 6.12. The Morgan fingerprint density at radius 1 is 1.17 bits per heavy atom. The summed E-state index contributed by atoms with van der Waals surface area (Å²) in [6.45, 7) is 0. The molecule has 0 atom stereocenters. The predicted octanol–water partition coefficient (Wildman–Crippen LogP) is 3.49. The summed E-state index contributed by atoms with van der Waals surface area (Å²) >= 11 is 3.38. The summed E-state index contributed by atoms with van der Waals surface area (Å²) in [5.41, 5.74) is 8.81. The van der Waals surface area contributed by atoms with Crippen LogP contribution in [0.15, 0.2) is 47.2 Å². The number of anilines is 1. The van der Waals surface area contributed by atoms with E-state index in [9.17, 15) is 4.39 Å². The van der Waals surface area contributed by atoms with Crippen molar-refractivity contribution >= 4 is 27.3 Å². The first-order chi connectivity index (χ1) is 8.63. The molecule has 18 heavy (non-hydrogen) atoms. The van der Waals surface area contributed by atoms with E-state index in [0.29, 0.717) is 11.3 Å². The van der Waals surface area contributed by atoms with Crippen LogP contribution >= 0.6 is 15.9 Å². The number of rotatable bonds is 1. The number of hydrogen-bond donors (Lipinski definition) is 1. The van der Waals surface area contributed by atoms with Gasteiger partial charge in [-0.1, -0.05) is 0 Å². The van der Waals surface area contributed by atoms with Crippen LogP contribution in [0.4, 0.5) is 10.1 Å². The van der Waals surface area contributed by atoms with Crippen molar-refractivity contribution in [2.75, 3.05) is 5.73 Å². The Balaban J connectivity index is 2.19. The van der Waals surface area contributed by atoms with E-state index in [4.69, 9.17) is 5.73 Å². The van der Waals surface area contributed by atoms with Gasteiger partial charge in [0.2, 0.25) is 0 Å². The standard InChI is InChI=1S/C13H9BrFN3/c14-9-5-11(16)13-17-12(7-18(13)6-9)8-1-3-10(15)4-2-8/h1-7H,16H2. The Morgan fingerprint density at radius 2 is 1.89 bits per heavy atom. The molecule has 2 heterocycles. The molecule has 2 N–H and O–H groups in total. The topological polar surface area (TPSA) is 43.3 Å². The Bertz CT molecular complexity index is 719. The fourth-order valence-electron chi connectivity index (χ4n) is 1.85. The maximum absolute atomic E-state index is 12.9. The Morgan fingerprint density at radius 3 is 2.61 bits per heavy atom. The van der Waals surface area contributed by atoms with Crippen molar-refractivity contribution in [1.82, 2.24) is 9.38 Å². The predicted molar refractivity (Wildman–Crippen MR) is 72.7 cm³/mol. The number of aromatic nitrogens is 2. The van der Waals surface area contributed by atoms with E-state index >= 15 is 0 Å². The molecule has 3 rings (SSSR count). The minimum absolute atomic E-state index is 0.259. The van der Waals surface area contributed by atoms with Gasteiger partial charge in [-0.2, -0.15) is 0 Å². The first-order valence-electron chi connectivity index (χ1n) is 5.33. The van der Waals surface area contributed by atoms with Crippen molar-refractivity contribution in [3.63, 3.8) is 0 Å². The highest BCUT2D eigenvalue weighted by Crippen LogP contribution is 2.24. The van der Waals surface area contributed by atoms with Crippen LogP contribution in [0, 0.1) is 5.82 Å². The molecule has 5 heteroatoms. The molecular weight excluding hydrogens is 297 g/mol. The normalized spacial score (nSPS) is 11.0. The molecule has 0 aliphatic carbocycles. The third-order valence-corrected chi connectivity index (χ3v) is 3.12.